The van der Waals surface area contributed by atoms with Gasteiger partial charge in [-0.05, 0) is 35.0 Å². The normalized spacial score (nSPS) is 10.8. The highest BCUT2D eigenvalue weighted by atomic mass is 35.5. The minimum atomic E-state index is -0.401. The fourth-order valence-electron chi connectivity index (χ4n) is 2.95. The zero-order valence-electron chi connectivity index (χ0n) is 15.3. The van der Waals surface area contributed by atoms with E-state index in [9.17, 15) is 9.18 Å². The van der Waals surface area contributed by atoms with Crippen LogP contribution in [0.15, 0.2) is 72.9 Å². The van der Waals surface area contributed by atoms with Crippen molar-refractivity contribution in [1.82, 2.24) is 9.78 Å². The number of hydrogen-bond donors (Lipinski definition) is 1. The zero-order valence-corrected chi connectivity index (χ0v) is 16.1. The lowest BCUT2D eigenvalue weighted by atomic mass is 10.1. The van der Waals surface area contributed by atoms with Gasteiger partial charge in [0.15, 0.2) is 12.4 Å². The lowest BCUT2D eigenvalue weighted by molar-refractivity contribution is -0.118. The molecule has 0 aliphatic heterocycles. The fourth-order valence-corrected chi connectivity index (χ4v) is 3.17. The Bertz CT molecular complexity index is 1160. The van der Waals surface area contributed by atoms with E-state index in [0.29, 0.717) is 22.2 Å². The Balaban J connectivity index is 1.35. The SMILES string of the molecule is O=C(COc1ccc2ccccc2c1)Nc1ccn(Cc2c(F)cccc2Cl)n1. The van der Waals surface area contributed by atoms with E-state index in [0.717, 1.165) is 10.8 Å². The van der Waals surface area contributed by atoms with Crippen molar-refractivity contribution in [2.75, 3.05) is 11.9 Å². The van der Waals surface area contributed by atoms with Crippen molar-refractivity contribution in [2.24, 2.45) is 0 Å². The third kappa shape index (κ3) is 4.55. The number of ether oxygens (including phenoxy) is 1. The Morgan fingerprint density at radius 2 is 1.90 bits per heavy atom. The van der Waals surface area contributed by atoms with Gasteiger partial charge in [0, 0.05) is 22.8 Å². The summed E-state index contributed by atoms with van der Waals surface area (Å²) in [5.74, 6) is 0.220. The van der Waals surface area contributed by atoms with E-state index >= 15 is 0 Å². The fraction of sp³-hybridized carbons (Fsp3) is 0.0909. The molecule has 5 nitrogen and oxygen atoms in total. The molecule has 1 N–H and O–H groups in total. The first-order valence-corrected chi connectivity index (χ1v) is 9.34. The van der Waals surface area contributed by atoms with Crippen molar-refractivity contribution < 1.29 is 13.9 Å². The Morgan fingerprint density at radius 3 is 2.72 bits per heavy atom. The van der Waals surface area contributed by atoms with Crippen molar-refractivity contribution in [1.29, 1.82) is 0 Å². The van der Waals surface area contributed by atoms with Gasteiger partial charge in [-0.15, -0.1) is 0 Å². The predicted molar refractivity (Wildman–Crippen MR) is 111 cm³/mol. The first-order valence-electron chi connectivity index (χ1n) is 8.96. The molecule has 0 atom stereocenters. The number of benzene rings is 3. The van der Waals surface area contributed by atoms with Crippen molar-refractivity contribution in [3.05, 3.63) is 89.3 Å². The molecule has 0 radical (unpaired) electrons. The first-order chi connectivity index (χ1) is 14.1. The number of aromatic nitrogens is 2. The second-order valence-electron chi connectivity index (χ2n) is 6.44. The molecule has 1 heterocycles. The van der Waals surface area contributed by atoms with Crippen LogP contribution in [0.1, 0.15) is 5.56 Å². The molecule has 146 valence electrons. The van der Waals surface area contributed by atoms with Crippen LogP contribution in [-0.2, 0) is 11.3 Å². The largest absolute Gasteiger partial charge is 0.484 e. The number of hydrogen-bond acceptors (Lipinski definition) is 3. The monoisotopic (exact) mass is 409 g/mol. The van der Waals surface area contributed by atoms with Gasteiger partial charge in [-0.2, -0.15) is 5.10 Å². The summed E-state index contributed by atoms with van der Waals surface area (Å²) < 4.78 is 21.0. The molecule has 0 saturated carbocycles. The molecule has 0 spiro atoms. The molecule has 0 unspecified atom stereocenters. The Labute approximate surface area is 171 Å². The topological polar surface area (TPSA) is 56.1 Å². The molecular formula is C22H17ClFN3O2. The van der Waals surface area contributed by atoms with E-state index in [-0.39, 0.29) is 19.1 Å². The lowest BCUT2D eigenvalue weighted by Crippen LogP contribution is -2.20. The highest BCUT2D eigenvalue weighted by Gasteiger charge is 2.10. The third-order valence-electron chi connectivity index (χ3n) is 4.38. The van der Waals surface area contributed by atoms with Crippen molar-refractivity contribution in [3.8, 4) is 5.75 Å². The first kappa shape index (κ1) is 19.0. The van der Waals surface area contributed by atoms with E-state index in [2.05, 4.69) is 10.4 Å². The molecule has 0 bridgehead atoms. The Morgan fingerprint density at radius 1 is 1.07 bits per heavy atom. The number of nitrogens with one attached hydrogen (secondary N) is 1. The van der Waals surface area contributed by atoms with Gasteiger partial charge in [0.05, 0.1) is 6.54 Å². The molecule has 7 heteroatoms. The van der Waals surface area contributed by atoms with Crippen LogP contribution in [0.2, 0.25) is 5.02 Å². The van der Waals surface area contributed by atoms with Crippen LogP contribution in [0, 0.1) is 5.82 Å². The number of carbonyl (C=O) groups is 1. The number of anilines is 1. The highest BCUT2D eigenvalue weighted by molar-refractivity contribution is 6.31. The van der Waals surface area contributed by atoms with Crippen LogP contribution in [-0.4, -0.2) is 22.3 Å². The molecule has 0 aliphatic carbocycles. The summed E-state index contributed by atoms with van der Waals surface area (Å²) in [6, 6.07) is 19.7. The van der Waals surface area contributed by atoms with E-state index in [1.165, 1.54) is 10.7 Å². The maximum absolute atomic E-state index is 13.9. The van der Waals surface area contributed by atoms with Gasteiger partial charge in [0.2, 0.25) is 0 Å². The summed E-state index contributed by atoms with van der Waals surface area (Å²) in [4.78, 5) is 12.2. The van der Waals surface area contributed by atoms with Gasteiger partial charge < -0.3 is 10.1 Å². The average Bonchev–Trinajstić information content (AvgIpc) is 3.16. The van der Waals surface area contributed by atoms with Crippen LogP contribution in [0.25, 0.3) is 10.8 Å². The Kier molecular flexibility index (Phi) is 5.44. The van der Waals surface area contributed by atoms with E-state index in [1.807, 2.05) is 42.5 Å². The molecule has 0 aliphatic rings. The van der Waals surface area contributed by atoms with Crippen LogP contribution in [0.4, 0.5) is 10.2 Å². The minimum absolute atomic E-state index is 0.148. The standard InChI is InChI=1S/C22H17ClFN3O2/c23-19-6-3-7-20(24)18(19)13-27-11-10-21(26-27)25-22(28)14-29-17-9-8-15-4-1-2-5-16(15)12-17/h1-12H,13-14H2,(H,25,26,28). The van der Waals surface area contributed by atoms with Gasteiger partial charge in [-0.25, -0.2) is 4.39 Å². The molecule has 0 saturated heterocycles. The number of carbonyl (C=O) groups excluding carboxylic acids is 1. The molecule has 1 amide bonds. The van der Waals surface area contributed by atoms with E-state index in [1.54, 1.807) is 24.4 Å². The van der Waals surface area contributed by atoms with Crippen LogP contribution in [0.3, 0.4) is 0 Å². The van der Waals surface area contributed by atoms with Crippen molar-refractivity contribution in [2.45, 2.75) is 6.54 Å². The predicted octanol–water partition coefficient (Wildman–Crippen LogP) is 4.89. The summed E-state index contributed by atoms with van der Waals surface area (Å²) in [5, 5.41) is 9.36. The third-order valence-corrected chi connectivity index (χ3v) is 4.73. The second-order valence-corrected chi connectivity index (χ2v) is 6.85. The van der Waals surface area contributed by atoms with Gasteiger partial charge in [0.1, 0.15) is 11.6 Å². The maximum atomic E-state index is 13.9. The van der Waals surface area contributed by atoms with Crippen molar-refractivity contribution in [3.63, 3.8) is 0 Å². The number of rotatable bonds is 6. The van der Waals surface area contributed by atoms with Crippen LogP contribution in [0.5, 0.6) is 5.75 Å². The Hall–Kier alpha value is -3.38. The smallest absolute Gasteiger partial charge is 0.263 e. The number of nitrogens with zero attached hydrogens (tertiary/aromatic N) is 2. The van der Waals surface area contributed by atoms with Gasteiger partial charge in [-0.1, -0.05) is 48.0 Å². The van der Waals surface area contributed by atoms with Crippen LogP contribution < -0.4 is 10.1 Å². The van der Waals surface area contributed by atoms with Crippen molar-refractivity contribution >= 4 is 34.1 Å². The molecule has 1 aromatic heterocycles. The summed E-state index contributed by atoms with van der Waals surface area (Å²) in [5.41, 5.74) is 0.342. The average molecular weight is 410 g/mol. The molecule has 3 aromatic carbocycles. The quantitative estimate of drug-likeness (QED) is 0.493. The summed E-state index contributed by atoms with van der Waals surface area (Å²) >= 11 is 6.04. The zero-order chi connectivity index (χ0) is 20.2. The molecule has 4 aromatic rings. The summed E-state index contributed by atoms with van der Waals surface area (Å²) in [6.45, 7) is 0.0132. The molecule has 29 heavy (non-hydrogen) atoms. The van der Waals surface area contributed by atoms with Crippen LogP contribution >= 0.6 is 11.6 Å². The summed E-state index contributed by atoms with van der Waals surface area (Å²) in [7, 11) is 0. The number of fused-ring (bicyclic) bond motifs is 1. The molecule has 4 rings (SSSR count). The highest BCUT2D eigenvalue weighted by Crippen LogP contribution is 2.21. The van der Waals surface area contributed by atoms with Gasteiger partial charge in [0.25, 0.3) is 5.91 Å². The number of amides is 1. The summed E-state index contributed by atoms with van der Waals surface area (Å²) in [6.07, 6.45) is 1.64. The van der Waals surface area contributed by atoms with E-state index < -0.39 is 5.82 Å². The second kappa shape index (κ2) is 8.32. The minimum Gasteiger partial charge on any atom is -0.484 e. The van der Waals surface area contributed by atoms with Gasteiger partial charge in [-0.3, -0.25) is 9.48 Å². The van der Waals surface area contributed by atoms with Gasteiger partial charge >= 0.3 is 0 Å². The maximum Gasteiger partial charge on any atom is 0.263 e. The number of halogens is 2. The lowest BCUT2D eigenvalue weighted by Gasteiger charge is -2.08. The molecular weight excluding hydrogens is 393 g/mol. The molecule has 0 fully saturated rings. The van der Waals surface area contributed by atoms with E-state index in [4.69, 9.17) is 16.3 Å².